The zero-order chi connectivity index (χ0) is 12.4. The summed E-state index contributed by atoms with van der Waals surface area (Å²) in [5.74, 6) is 2.42. The molecule has 0 aliphatic heterocycles. The third kappa shape index (κ3) is 5.74. The van der Waals surface area contributed by atoms with Crippen molar-refractivity contribution in [3.63, 3.8) is 0 Å². The van der Waals surface area contributed by atoms with Gasteiger partial charge in [-0.3, -0.25) is 4.79 Å². The van der Waals surface area contributed by atoms with E-state index < -0.39 is 6.04 Å². The Hall–Kier alpha value is -1.05. The number of nitrogens with zero attached hydrogens (tertiary/aromatic N) is 1. The van der Waals surface area contributed by atoms with E-state index >= 15 is 0 Å². The third-order valence-corrected chi connectivity index (χ3v) is 2.27. The fourth-order valence-electron chi connectivity index (χ4n) is 1.45. The standard InChI is InChI=1S/C12H22N2O2/c1-4-8-14(9-5-2)12(15)11(13)7-6-10-16-3/h1,11H,5-10,13H2,2-3H3. The average molecular weight is 226 g/mol. The van der Waals surface area contributed by atoms with E-state index in [2.05, 4.69) is 5.92 Å². The van der Waals surface area contributed by atoms with Gasteiger partial charge in [-0.05, 0) is 19.3 Å². The second-order valence-corrected chi connectivity index (χ2v) is 3.71. The number of carbonyl (C=O) groups excluding carboxylic acids is 1. The van der Waals surface area contributed by atoms with Crippen LogP contribution in [0.2, 0.25) is 0 Å². The van der Waals surface area contributed by atoms with Crippen LogP contribution in [-0.4, -0.2) is 43.7 Å². The average Bonchev–Trinajstić information content (AvgIpc) is 2.28. The Balaban J connectivity index is 4.10. The zero-order valence-electron chi connectivity index (χ0n) is 10.2. The number of hydrogen-bond acceptors (Lipinski definition) is 3. The molecule has 92 valence electrons. The summed E-state index contributed by atoms with van der Waals surface area (Å²) < 4.78 is 4.91. The predicted molar refractivity (Wildman–Crippen MR) is 64.8 cm³/mol. The molecule has 4 nitrogen and oxygen atoms in total. The van der Waals surface area contributed by atoms with Crippen LogP contribution in [0.5, 0.6) is 0 Å². The summed E-state index contributed by atoms with van der Waals surface area (Å²) in [5.41, 5.74) is 5.80. The molecule has 0 radical (unpaired) electrons. The topological polar surface area (TPSA) is 55.6 Å². The zero-order valence-corrected chi connectivity index (χ0v) is 10.2. The lowest BCUT2D eigenvalue weighted by Crippen LogP contribution is -2.44. The van der Waals surface area contributed by atoms with E-state index in [1.54, 1.807) is 12.0 Å². The van der Waals surface area contributed by atoms with Gasteiger partial charge in [0.15, 0.2) is 0 Å². The van der Waals surface area contributed by atoms with Crippen LogP contribution in [0.1, 0.15) is 26.2 Å². The molecule has 0 rings (SSSR count). The first kappa shape index (κ1) is 14.9. The minimum absolute atomic E-state index is 0.0593. The van der Waals surface area contributed by atoms with Crippen molar-refractivity contribution in [1.82, 2.24) is 4.90 Å². The van der Waals surface area contributed by atoms with Crippen LogP contribution < -0.4 is 5.73 Å². The highest BCUT2D eigenvalue weighted by molar-refractivity contribution is 5.81. The molecule has 1 amide bonds. The molecule has 0 bridgehead atoms. The van der Waals surface area contributed by atoms with Crippen molar-refractivity contribution in [3.05, 3.63) is 0 Å². The van der Waals surface area contributed by atoms with Gasteiger partial charge < -0.3 is 15.4 Å². The highest BCUT2D eigenvalue weighted by Gasteiger charge is 2.19. The third-order valence-electron chi connectivity index (χ3n) is 2.27. The van der Waals surface area contributed by atoms with Gasteiger partial charge in [0.1, 0.15) is 0 Å². The number of nitrogens with two attached hydrogens (primary N) is 1. The predicted octanol–water partition coefficient (Wildman–Crippen LogP) is 0.612. The quantitative estimate of drug-likeness (QED) is 0.487. The fourth-order valence-corrected chi connectivity index (χ4v) is 1.45. The Morgan fingerprint density at radius 2 is 2.31 bits per heavy atom. The van der Waals surface area contributed by atoms with Crippen LogP contribution in [0.4, 0.5) is 0 Å². The van der Waals surface area contributed by atoms with Crippen LogP contribution in [-0.2, 0) is 9.53 Å². The number of hydrogen-bond donors (Lipinski definition) is 1. The van der Waals surface area contributed by atoms with Crippen molar-refractivity contribution < 1.29 is 9.53 Å². The molecule has 0 aromatic heterocycles. The maximum Gasteiger partial charge on any atom is 0.240 e. The van der Waals surface area contributed by atoms with Crippen molar-refractivity contribution in [2.24, 2.45) is 5.73 Å². The molecule has 1 atom stereocenters. The highest BCUT2D eigenvalue weighted by Crippen LogP contribution is 2.01. The van der Waals surface area contributed by atoms with E-state index in [0.717, 1.165) is 12.8 Å². The largest absolute Gasteiger partial charge is 0.385 e. The molecule has 0 aromatic rings. The maximum absolute atomic E-state index is 11.9. The molecular formula is C12H22N2O2. The lowest BCUT2D eigenvalue weighted by Gasteiger charge is -2.23. The van der Waals surface area contributed by atoms with Crippen molar-refractivity contribution in [3.8, 4) is 12.3 Å². The van der Waals surface area contributed by atoms with Gasteiger partial charge in [-0.2, -0.15) is 0 Å². The van der Waals surface area contributed by atoms with Gasteiger partial charge in [0.05, 0.1) is 12.6 Å². The van der Waals surface area contributed by atoms with Crippen LogP contribution in [0.3, 0.4) is 0 Å². The van der Waals surface area contributed by atoms with E-state index in [1.165, 1.54) is 0 Å². The van der Waals surface area contributed by atoms with Crippen LogP contribution >= 0.6 is 0 Å². The van der Waals surface area contributed by atoms with Crippen LogP contribution in [0, 0.1) is 12.3 Å². The molecule has 0 aliphatic rings. The monoisotopic (exact) mass is 226 g/mol. The minimum Gasteiger partial charge on any atom is -0.385 e. The van der Waals surface area contributed by atoms with Crippen molar-refractivity contribution in [1.29, 1.82) is 0 Å². The molecule has 4 heteroatoms. The van der Waals surface area contributed by atoms with Gasteiger partial charge in [0, 0.05) is 20.3 Å². The fraction of sp³-hybridized carbons (Fsp3) is 0.750. The SMILES string of the molecule is C#CCN(CCC)C(=O)C(N)CCCOC. The summed E-state index contributed by atoms with van der Waals surface area (Å²) in [4.78, 5) is 13.5. The Bertz CT molecular complexity index is 236. The van der Waals surface area contributed by atoms with E-state index in [1.807, 2.05) is 6.92 Å². The van der Waals surface area contributed by atoms with Crippen LogP contribution in [0.25, 0.3) is 0 Å². The molecule has 0 aromatic carbocycles. The first-order chi connectivity index (χ1) is 7.67. The summed E-state index contributed by atoms with van der Waals surface area (Å²) in [7, 11) is 1.63. The van der Waals surface area contributed by atoms with Crippen LogP contribution in [0.15, 0.2) is 0 Å². The number of carbonyl (C=O) groups is 1. The molecule has 2 N–H and O–H groups in total. The van der Waals surface area contributed by atoms with E-state index in [4.69, 9.17) is 16.9 Å². The smallest absolute Gasteiger partial charge is 0.240 e. The van der Waals surface area contributed by atoms with Gasteiger partial charge in [-0.25, -0.2) is 0 Å². The van der Waals surface area contributed by atoms with Gasteiger partial charge in [0.2, 0.25) is 5.91 Å². The first-order valence-corrected chi connectivity index (χ1v) is 5.64. The van der Waals surface area contributed by atoms with Gasteiger partial charge in [-0.1, -0.05) is 12.8 Å². The lowest BCUT2D eigenvalue weighted by atomic mass is 10.1. The summed E-state index contributed by atoms with van der Waals surface area (Å²) in [5, 5.41) is 0. The molecule has 0 saturated heterocycles. The van der Waals surface area contributed by atoms with Gasteiger partial charge in [0.25, 0.3) is 0 Å². The second-order valence-electron chi connectivity index (χ2n) is 3.71. The Morgan fingerprint density at radius 3 is 2.81 bits per heavy atom. The Morgan fingerprint density at radius 1 is 1.62 bits per heavy atom. The van der Waals surface area contributed by atoms with Crippen molar-refractivity contribution in [2.75, 3.05) is 26.8 Å². The van der Waals surface area contributed by atoms with E-state index in [9.17, 15) is 4.79 Å². The van der Waals surface area contributed by atoms with Gasteiger partial charge in [-0.15, -0.1) is 6.42 Å². The molecule has 0 heterocycles. The second kappa shape index (κ2) is 9.20. The number of amides is 1. The van der Waals surface area contributed by atoms with E-state index in [0.29, 0.717) is 26.1 Å². The Kier molecular flexibility index (Phi) is 8.59. The maximum atomic E-state index is 11.9. The van der Waals surface area contributed by atoms with Gasteiger partial charge >= 0.3 is 0 Å². The minimum atomic E-state index is -0.463. The normalized spacial score (nSPS) is 11.9. The molecule has 0 spiro atoms. The number of terminal acetylenes is 1. The number of methoxy groups -OCH3 is 1. The molecule has 16 heavy (non-hydrogen) atoms. The molecule has 0 saturated carbocycles. The highest BCUT2D eigenvalue weighted by atomic mass is 16.5. The van der Waals surface area contributed by atoms with E-state index in [-0.39, 0.29) is 5.91 Å². The van der Waals surface area contributed by atoms with Crippen molar-refractivity contribution >= 4 is 5.91 Å². The van der Waals surface area contributed by atoms with Crippen molar-refractivity contribution in [2.45, 2.75) is 32.2 Å². The first-order valence-electron chi connectivity index (χ1n) is 5.64. The Labute approximate surface area is 98.1 Å². The molecule has 0 aliphatic carbocycles. The molecule has 1 unspecified atom stereocenters. The molecule has 0 fully saturated rings. The number of ether oxygens (including phenoxy) is 1. The number of rotatable bonds is 8. The summed E-state index contributed by atoms with van der Waals surface area (Å²) in [6.07, 6.45) is 7.53. The summed E-state index contributed by atoms with van der Waals surface area (Å²) in [6.45, 7) is 3.64. The lowest BCUT2D eigenvalue weighted by molar-refractivity contribution is -0.132. The molecular weight excluding hydrogens is 204 g/mol. The summed E-state index contributed by atoms with van der Waals surface area (Å²) >= 11 is 0. The summed E-state index contributed by atoms with van der Waals surface area (Å²) in [6, 6.07) is -0.463.